The fourth-order valence-corrected chi connectivity index (χ4v) is 4.00. The molecule has 1 heterocycles. The van der Waals surface area contributed by atoms with Crippen molar-refractivity contribution in [3.63, 3.8) is 0 Å². The molecule has 0 radical (unpaired) electrons. The minimum Gasteiger partial charge on any atom is -0.484 e. The van der Waals surface area contributed by atoms with Crippen molar-refractivity contribution < 1.29 is 35.9 Å². The number of alkyl halides is 3. The number of benzene rings is 2. The third-order valence-corrected chi connectivity index (χ3v) is 5.90. The topological polar surface area (TPSA) is 105 Å². The minimum atomic E-state index is -4.68. The van der Waals surface area contributed by atoms with Gasteiger partial charge in [0.2, 0.25) is 15.9 Å². The summed E-state index contributed by atoms with van der Waals surface area (Å²) in [4.78, 5) is 25.2. The first-order chi connectivity index (χ1) is 15.0. The molecule has 1 aliphatic heterocycles. The first-order valence-corrected chi connectivity index (χ1v) is 11.0. The standard InChI is InChI=1S/C20H20F3N3O5S/c21-20(22,23)13-24-32(29,30)17-8-6-14(7-9-17)25-18(27)12-31-16-4-1-3-15(11-16)26-10-2-5-19(26)28/h1,3-4,6-9,11,24H,2,5,10,12-13H2,(H,25,27). The molecule has 2 N–H and O–H groups in total. The van der Waals surface area contributed by atoms with Gasteiger partial charge in [-0.2, -0.15) is 13.2 Å². The number of rotatable bonds is 8. The van der Waals surface area contributed by atoms with Crippen molar-refractivity contribution >= 4 is 33.2 Å². The quantitative estimate of drug-likeness (QED) is 0.616. The maximum Gasteiger partial charge on any atom is 0.402 e. The summed E-state index contributed by atoms with van der Waals surface area (Å²) < 4.78 is 67.3. The van der Waals surface area contributed by atoms with E-state index in [0.717, 1.165) is 18.6 Å². The Morgan fingerprint density at radius 2 is 1.84 bits per heavy atom. The molecule has 172 valence electrons. The van der Waals surface area contributed by atoms with Crippen molar-refractivity contribution in [2.45, 2.75) is 23.9 Å². The number of ether oxygens (including phenoxy) is 1. The average molecular weight is 471 g/mol. The van der Waals surface area contributed by atoms with Gasteiger partial charge >= 0.3 is 6.18 Å². The summed E-state index contributed by atoms with van der Waals surface area (Å²) in [5.41, 5.74) is 0.922. The summed E-state index contributed by atoms with van der Waals surface area (Å²) in [5.74, 6) is -0.105. The van der Waals surface area contributed by atoms with Crippen LogP contribution in [0.25, 0.3) is 0 Å². The zero-order valence-electron chi connectivity index (χ0n) is 16.7. The van der Waals surface area contributed by atoms with E-state index in [1.54, 1.807) is 29.2 Å². The number of nitrogens with one attached hydrogen (secondary N) is 2. The third-order valence-electron chi connectivity index (χ3n) is 4.48. The average Bonchev–Trinajstić information content (AvgIpc) is 3.17. The first kappa shape index (κ1) is 23.5. The van der Waals surface area contributed by atoms with Crippen LogP contribution in [0.15, 0.2) is 53.4 Å². The highest BCUT2D eigenvalue weighted by Crippen LogP contribution is 2.25. The SMILES string of the molecule is O=C(COc1cccc(N2CCCC2=O)c1)Nc1ccc(S(=O)(=O)NCC(F)(F)F)cc1. The van der Waals surface area contributed by atoms with E-state index in [4.69, 9.17) is 4.74 Å². The Bertz CT molecular complexity index is 1090. The molecule has 0 atom stereocenters. The Morgan fingerprint density at radius 1 is 1.12 bits per heavy atom. The van der Waals surface area contributed by atoms with Gasteiger partial charge in [0.1, 0.15) is 12.3 Å². The lowest BCUT2D eigenvalue weighted by Crippen LogP contribution is -2.33. The van der Waals surface area contributed by atoms with Crippen LogP contribution >= 0.6 is 0 Å². The molecule has 8 nitrogen and oxygen atoms in total. The molecular weight excluding hydrogens is 451 g/mol. The van der Waals surface area contributed by atoms with Gasteiger partial charge in [-0.25, -0.2) is 13.1 Å². The van der Waals surface area contributed by atoms with E-state index in [2.05, 4.69) is 5.32 Å². The molecule has 3 rings (SSSR count). The number of carbonyl (C=O) groups excluding carboxylic acids is 2. The van der Waals surface area contributed by atoms with Crippen molar-refractivity contribution in [2.24, 2.45) is 0 Å². The van der Waals surface area contributed by atoms with Crippen LogP contribution in [0.4, 0.5) is 24.5 Å². The Labute approximate surface area is 182 Å². The van der Waals surface area contributed by atoms with E-state index in [0.29, 0.717) is 24.4 Å². The molecule has 1 saturated heterocycles. The monoisotopic (exact) mass is 471 g/mol. The van der Waals surface area contributed by atoms with Gasteiger partial charge in [0, 0.05) is 30.4 Å². The molecular formula is C20H20F3N3O5S. The van der Waals surface area contributed by atoms with Crippen molar-refractivity contribution in [1.82, 2.24) is 4.72 Å². The Morgan fingerprint density at radius 3 is 2.47 bits per heavy atom. The first-order valence-electron chi connectivity index (χ1n) is 9.53. The van der Waals surface area contributed by atoms with Crippen molar-refractivity contribution in [3.8, 4) is 5.75 Å². The number of halogens is 3. The van der Waals surface area contributed by atoms with Gasteiger partial charge in [-0.1, -0.05) is 6.07 Å². The lowest BCUT2D eigenvalue weighted by Gasteiger charge is -2.16. The molecule has 0 spiro atoms. The molecule has 2 aromatic rings. The lowest BCUT2D eigenvalue weighted by molar-refractivity contribution is -0.121. The van der Waals surface area contributed by atoms with E-state index in [1.165, 1.54) is 16.9 Å². The summed E-state index contributed by atoms with van der Waals surface area (Å²) in [6, 6.07) is 11.4. The number of carbonyl (C=O) groups is 2. The van der Waals surface area contributed by atoms with Gasteiger partial charge in [0.25, 0.3) is 5.91 Å². The highest BCUT2D eigenvalue weighted by atomic mass is 32.2. The molecule has 32 heavy (non-hydrogen) atoms. The molecule has 2 aromatic carbocycles. The van der Waals surface area contributed by atoms with Crippen LogP contribution in [0, 0.1) is 0 Å². The van der Waals surface area contributed by atoms with E-state index in [1.807, 2.05) is 0 Å². The van der Waals surface area contributed by atoms with Gasteiger partial charge in [-0.15, -0.1) is 0 Å². The second-order valence-electron chi connectivity index (χ2n) is 6.95. The second kappa shape index (κ2) is 9.57. The maximum absolute atomic E-state index is 12.2. The van der Waals surface area contributed by atoms with Crippen molar-refractivity contribution in [2.75, 3.05) is 29.9 Å². The van der Waals surface area contributed by atoms with Gasteiger partial charge in [0.05, 0.1) is 4.90 Å². The highest BCUT2D eigenvalue weighted by Gasteiger charge is 2.30. The Balaban J connectivity index is 1.54. The smallest absolute Gasteiger partial charge is 0.402 e. The Hall–Kier alpha value is -3.12. The molecule has 2 amide bonds. The number of sulfonamides is 1. The van der Waals surface area contributed by atoms with Crippen LogP contribution in [-0.4, -0.2) is 46.1 Å². The number of nitrogens with zero attached hydrogens (tertiary/aromatic N) is 1. The summed E-state index contributed by atoms with van der Waals surface area (Å²) in [6.07, 6.45) is -3.40. The summed E-state index contributed by atoms with van der Waals surface area (Å²) in [6.45, 7) is -1.40. The highest BCUT2D eigenvalue weighted by molar-refractivity contribution is 7.89. The second-order valence-corrected chi connectivity index (χ2v) is 8.71. The third kappa shape index (κ3) is 6.44. The molecule has 0 bridgehead atoms. The summed E-state index contributed by atoms with van der Waals surface area (Å²) in [7, 11) is -4.34. The molecule has 1 fully saturated rings. The number of hydrogen-bond donors (Lipinski definition) is 2. The Kier molecular flexibility index (Phi) is 7.04. The zero-order valence-corrected chi connectivity index (χ0v) is 17.5. The van der Waals surface area contributed by atoms with Gasteiger partial charge in [0.15, 0.2) is 6.61 Å². The van der Waals surface area contributed by atoms with E-state index in [-0.39, 0.29) is 23.1 Å². The lowest BCUT2D eigenvalue weighted by atomic mass is 10.3. The van der Waals surface area contributed by atoms with Crippen LogP contribution in [-0.2, 0) is 19.6 Å². The fraction of sp³-hybridized carbons (Fsp3) is 0.300. The molecule has 1 aliphatic rings. The predicted molar refractivity (Wildman–Crippen MR) is 110 cm³/mol. The van der Waals surface area contributed by atoms with E-state index >= 15 is 0 Å². The van der Waals surface area contributed by atoms with Gasteiger partial charge in [-0.05, 0) is 42.8 Å². The van der Waals surface area contributed by atoms with Crippen LogP contribution in [0.5, 0.6) is 5.75 Å². The van der Waals surface area contributed by atoms with Crippen molar-refractivity contribution in [3.05, 3.63) is 48.5 Å². The van der Waals surface area contributed by atoms with Crippen LogP contribution < -0.4 is 19.7 Å². The predicted octanol–water partition coefficient (Wildman–Crippen LogP) is 2.67. The normalized spacial score (nSPS) is 14.5. The van der Waals surface area contributed by atoms with Crippen LogP contribution in [0.1, 0.15) is 12.8 Å². The minimum absolute atomic E-state index is 0.0268. The van der Waals surface area contributed by atoms with Gasteiger partial charge < -0.3 is 15.0 Å². The van der Waals surface area contributed by atoms with Crippen LogP contribution in [0.2, 0.25) is 0 Å². The van der Waals surface area contributed by atoms with E-state index < -0.39 is 28.7 Å². The van der Waals surface area contributed by atoms with E-state index in [9.17, 15) is 31.2 Å². The van der Waals surface area contributed by atoms with Crippen LogP contribution in [0.3, 0.4) is 0 Å². The molecule has 0 aliphatic carbocycles. The van der Waals surface area contributed by atoms with Crippen molar-refractivity contribution in [1.29, 1.82) is 0 Å². The van der Waals surface area contributed by atoms with Gasteiger partial charge in [-0.3, -0.25) is 9.59 Å². The number of amides is 2. The number of anilines is 2. The molecule has 0 unspecified atom stereocenters. The summed E-state index contributed by atoms with van der Waals surface area (Å²) in [5, 5.41) is 2.50. The zero-order chi connectivity index (χ0) is 23.4. The molecule has 0 aromatic heterocycles. The molecule has 12 heteroatoms. The largest absolute Gasteiger partial charge is 0.484 e. The molecule has 0 saturated carbocycles. The number of hydrogen-bond acceptors (Lipinski definition) is 5. The fourth-order valence-electron chi connectivity index (χ4n) is 2.99. The maximum atomic E-state index is 12.2. The summed E-state index contributed by atoms with van der Waals surface area (Å²) >= 11 is 0.